The zero-order valence-electron chi connectivity index (χ0n) is 24.4. The minimum atomic E-state index is -0.724. The Bertz CT molecular complexity index is 1470. The number of fused-ring (bicyclic) bond motifs is 1. The maximum absolute atomic E-state index is 12.4. The van der Waals surface area contributed by atoms with E-state index in [1.165, 1.54) is 0 Å². The van der Waals surface area contributed by atoms with E-state index in [-0.39, 0.29) is 19.2 Å². The number of urea groups is 1. The molecule has 222 valence electrons. The first-order chi connectivity index (χ1) is 20.5. The highest BCUT2D eigenvalue weighted by molar-refractivity contribution is 5.92. The number of hydrogen-bond donors (Lipinski definition) is 3. The highest BCUT2D eigenvalue weighted by Gasteiger charge is 2.14. The number of benzene rings is 3. The Kier molecular flexibility index (Phi) is 11.3. The van der Waals surface area contributed by atoms with Crippen LogP contribution >= 0.6 is 0 Å². The van der Waals surface area contributed by atoms with Gasteiger partial charge in [0.15, 0.2) is 0 Å². The number of carbonyl (C=O) groups is 2. The van der Waals surface area contributed by atoms with Crippen LogP contribution in [0.15, 0.2) is 66.7 Å². The van der Waals surface area contributed by atoms with E-state index in [2.05, 4.69) is 34.3 Å². The monoisotopic (exact) mass is 572 g/mol. The lowest BCUT2D eigenvalue weighted by molar-refractivity contribution is 0.104. The van der Waals surface area contributed by atoms with E-state index in [4.69, 9.17) is 19.6 Å². The van der Waals surface area contributed by atoms with E-state index in [9.17, 15) is 9.59 Å². The summed E-state index contributed by atoms with van der Waals surface area (Å²) in [6, 6.07) is 21.1. The number of hydrogen-bond acceptors (Lipinski definition) is 6. The van der Waals surface area contributed by atoms with Crippen LogP contribution in [0.5, 0.6) is 5.75 Å². The fraction of sp³-hybridized carbons (Fsp3) is 0.364. The first kappa shape index (κ1) is 30.6. The van der Waals surface area contributed by atoms with E-state index >= 15 is 0 Å². The van der Waals surface area contributed by atoms with E-state index in [1.807, 2.05) is 48.5 Å². The van der Waals surface area contributed by atoms with Crippen LogP contribution in [0.3, 0.4) is 0 Å². The summed E-state index contributed by atoms with van der Waals surface area (Å²) < 4.78 is 12.6. The molecule has 2 amide bonds. The first-order valence-corrected chi connectivity index (χ1v) is 14.7. The van der Waals surface area contributed by atoms with Crippen molar-refractivity contribution in [2.75, 3.05) is 25.1 Å². The molecule has 42 heavy (non-hydrogen) atoms. The Morgan fingerprint density at radius 3 is 2.52 bits per heavy atom. The Balaban J connectivity index is 1.53. The standard InChI is InChI=1S/C33H40N4O5/c1-3-5-13-31-36-28-19-18-26(35-32(39)34-20-9-6-10-21-38)22-29(28)37(31)23-24-14-16-25(17-15-24)27-11-7-8-12-30(27)42-33(40)41-4-2/h7-8,11-12,14-19,22,38H,3-6,9-10,13,20-21,23H2,1-2H3,(H2,34,35,39). The lowest BCUT2D eigenvalue weighted by Crippen LogP contribution is -2.29. The van der Waals surface area contributed by atoms with Gasteiger partial charge in [0.2, 0.25) is 0 Å². The van der Waals surface area contributed by atoms with Crippen LogP contribution in [0.1, 0.15) is 57.3 Å². The van der Waals surface area contributed by atoms with Gasteiger partial charge in [0, 0.05) is 37.4 Å². The lowest BCUT2D eigenvalue weighted by atomic mass is 10.0. The number of unbranched alkanes of at least 4 members (excludes halogenated alkanes) is 3. The van der Waals surface area contributed by atoms with Crippen molar-refractivity contribution >= 4 is 28.9 Å². The van der Waals surface area contributed by atoms with Gasteiger partial charge in [0.1, 0.15) is 11.6 Å². The van der Waals surface area contributed by atoms with Crippen molar-refractivity contribution in [2.24, 2.45) is 0 Å². The van der Waals surface area contributed by atoms with Gasteiger partial charge in [-0.25, -0.2) is 14.6 Å². The minimum Gasteiger partial charge on any atom is -0.434 e. The molecule has 0 aliphatic heterocycles. The molecule has 1 aromatic heterocycles. The number of rotatable bonds is 14. The van der Waals surface area contributed by atoms with Gasteiger partial charge in [-0.15, -0.1) is 0 Å². The minimum absolute atomic E-state index is 0.171. The molecule has 0 aliphatic carbocycles. The largest absolute Gasteiger partial charge is 0.513 e. The topological polar surface area (TPSA) is 115 Å². The number of aliphatic hydroxyl groups excluding tert-OH is 1. The van der Waals surface area contributed by atoms with Crippen molar-refractivity contribution in [1.29, 1.82) is 0 Å². The van der Waals surface area contributed by atoms with Crippen LogP contribution < -0.4 is 15.4 Å². The number of aromatic nitrogens is 2. The SMILES string of the molecule is CCCCc1nc2ccc(NC(=O)NCCCCCO)cc2n1Cc1ccc(-c2ccccc2OC(=O)OCC)cc1. The molecule has 4 rings (SSSR count). The maximum Gasteiger partial charge on any atom is 0.513 e. The van der Waals surface area contributed by atoms with Crippen molar-refractivity contribution in [1.82, 2.24) is 14.9 Å². The van der Waals surface area contributed by atoms with Gasteiger partial charge in [0.05, 0.1) is 17.6 Å². The van der Waals surface area contributed by atoms with Gasteiger partial charge in [-0.2, -0.15) is 0 Å². The summed E-state index contributed by atoms with van der Waals surface area (Å²) in [6.07, 6.45) is 4.67. The number of imidazole rings is 1. The second-order valence-corrected chi connectivity index (χ2v) is 10.1. The number of anilines is 1. The normalized spacial score (nSPS) is 10.9. The van der Waals surface area contributed by atoms with E-state index in [0.29, 0.717) is 24.5 Å². The number of ether oxygens (including phenoxy) is 2. The molecule has 0 atom stereocenters. The quantitative estimate of drug-likeness (QED) is 0.0859. The van der Waals surface area contributed by atoms with Gasteiger partial charge in [0.25, 0.3) is 0 Å². The second-order valence-electron chi connectivity index (χ2n) is 10.1. The maximum atomic E-state index is 12.4. The molecular formula is C33H40N4O5. The van der Waals surface area contributed by atoms with E-state index in [1.54, 1.807) is 13.0 Å². The van der Waals surface area contributed by atoms with Crippen molar-refractivity contribution in [3.8, 4) is 16.9 Å². The van der Waals surface area contributed by atoms with Gasteiger partial charge >= 0.3 is 12.2 Å². The lowest BCUT2D eigenvalue weighted by Gasteiger charge is -2.13. The number of aryl methyl sites for hydroxylation is 1. The first-order valence-electron chi connectivity index (χ1n) is 14.7. The Labute approximate surface area is 246 Å². The van der Waals surface area contributed by atoms with Crippen LogP contribution in [0.25, 0.3) is 22.2 Å². The average molecular weight is 573 g/mol. The summed E-state index contributed by atoms with van der Waals surface area (Å²) in [6.45, 7) is 5.50. The van der Waals surface area contributed by atoms with Crippen LogP contribution in [0, 0.1) is 0 Å². The van der Waals surface area contributed by atoms with Crippen molar-refractivity contribution in [3.63, 3.8) is 0 Å². The predicted molar refractivity (Wildman–Crippen MR) is 165 cm³/mol. The fourth-order valence-electron chi connectivity index (χ4n) is 4.75. The molecule has 0 spiro atoms. The summed E-state index contributed by atoms with van der Waals surface area (Å²) in [4.78, 5) is 29.3. The van der Waals surface area contributed by atoms with Gasteiger partial charge < -0.3 is 29.8 Å². The number of nitrogens with one attached hydrogen (secondary N) is 2. The molecule has 3 aromatic carbocycles. The summed E-state index contributed by atoms with van der Waals surface area (Å²) in [5.74, 6) is 1.45. The Morgan fingerprint density at radius 2 is 1.76 bits per heavy atom. The third kappa shape index (κ3) is 8.33. The third-order valence-corrected chi connectivity index (χ3v) is 6.91. The van der Waals surface area contributed by atoms with Crippen molar-refractivity contribution in [2.45, 2.75) is 58.9 Å². The number of aliphatic hydroxyl groups is 1. The highest BCUT2D eigenvalue weighted by atomic mass is 16.7. The van der Waals surface area contributed by atoms with Crippen LogP contribution in [-0.4, -0.2) is 46.6 Å². The summed E-state index contributed by atoms with van der Waals surface area (Å²) >= 11 is 0. The fourth-order valence-corrected chi connectivity index (χ4v) is 4.75. The molecule has 9 nitrogen and oxygen atoms in total. The molecule has 0 unspecified atom stereocenters. The molecule has 0 bridgehead atoms. The molecule has 9 heteroatoms. The molecule has 3 N–H and O–H groups in total. The molecule has 1 heterocycles. The van der Waals surface area contributed by atoms with Crippen LogP contribution in [0.4, 0.5) is 15.3 Å². The second kappa shape index (κ2) is 15.6. The smallest absolute Gasteiger partial charge is 0.434 e. The molecule has 0 radical (unpaired) electrons. The summed E-state index contributed by atoms with van der Waals surface area (Å²) in [7, 11) is 0. The summed E-state index contributed by atoms with van der Waals surface area (Å²) in [5, 5.41) is 14.7. The van der Waals surface area contributed by atoms with Gasteiger partial charge in [-0.05, 0) is 68.0 Å². The highest BCUT2D eigenvalue weighted by Crippen LogP contribution is 2.31. The number of nitrogens with zero attached hydrogens (tertiary/aromatic N) is 2. The molecule has 0 fully saturated rings. The zero-order valence-corrected chi connectivity index (χ0v) is 24.4. The number of amides is 2. The van der Waals surface area contributed by atoms with E-state index < -0.39 is 6.16 Å². The van der Waals surface area contributed by atoms with Gasteiger partial charge in [-0.1, -0.05) is 55.8 Å². The predicted octanol–water partition coefficient (Wildman–Crippen LogP) is 6.91. The zero-order chi connectivity index (χ0) is 29.7. The molecular weight excluding hydrogens is 532 g/mol. The van der Waals surface area contributed by atoms with Crippen LogP contribution in [-0.2, 0) is 17.7 Å². The summed E-state index contributed by atoms with van der Waals surface area (Å²) in [5.41, 5.74) is 5.37. The average Bonchev–Trinajstić information content (AvgIpc) is 3.33. The van der Waals surface area contributed by atoms with Gasteiger partial charge in [-0.3, -0.25) is 0 Å². The van der Waals surface area contributed by atoms with Crippen LogP contribution in [0.2, 0.25) is 0 Å². The van der Waals surface area contributed by atoms with Crippen molar-refractivity contribution in [3.05, 3.63) is 78.1 Å². The third-order valence-electron chi connectivity index (χ3n) is 6.91. The molecule has 0 aliphatic rings. The number of para-hydroxylation sites is 1. The Morgan fingerprint density at radius 1 is 0.952 bits per heavy atom. The molecule has 0 saturated heterocycles. The van der Waals surface area contributed by atoms with Crippen molar-refractivity contribution < 1.29 is 24.2 Å². The van der Waals surface area contributed by atoms with E-state index in [0.717, 1.165) is 72.1 Å². The number of carbonyl (C=O) groups excluding carboxylic acids is 2. The molecule has 0 saturated carbocycles. The Hall–Kier alpha value is -4.37. The molecule has 4 aromatic rings.